The fourth-order valence-electron chi connectivity index (χ4n) is 2.52. The fraction of sp³-hybridized carbons (Fsp3) is 0.562. The smallest absolute Gasteiger partial charge is 0.238 e. The van der Waals surface area contributed by atoms with Gasteiger partial charge in [0.15, 0.2) is 0 Å². The molecule has 1 aromatic rings. The van der Waals surface area contributed by atoms with E-state index < -0.39 is 0 Å². The number of nitrogens with zero attached hydrogens (tertiary/aromatic N) is 1. The second-order valence-corrected chi connectivity index (χ2v) is 6.45. The van der Waals surface area contributed by atoms with Crippen LogP contribution in [0.5, 0.6) is 5.75 Å². The second kappa shape index (κ2) is 6.35. The van der Waals surface area contributed by atoms with E-state index in [9.17, 15) is 4.79 Å². The molecule has 0 aliphatic carbocycles. The van der Waals surface area contributed by atoms with Crippen molar-refractivity contribution < 1.29 is 9.53 Å². The Labute approximate surface area is 126 Å². The summed E-state index contributed by atoms with van der Waals surface area (Å²) in [6, 6.07) is 5.23. The Morgan fingerprint density at radius 1 is 1.38 bits per heavy atom. The number of carbonyl (C=O) groups excluding carboxylic acids is 1. The van der Waals surface area contributed by atoms with E-state index in [2.05, 4.69) is 24.1 Å². The monoisotopic (exact) mass is 291 g/mol. The van der Waals surface area contributed by atoms with E-state index in [0.717, 1.165) is 25.9 Å². The lowest BCUT2D eigenvalue weighted by Gasteiger charge is -2.36. The zero-order valence-corrected chi connectivity index (χ0v) is 13.1. The maximum atomic E-state index is 12.2. The lowest BCUT2D eigenvalue weighted by Crippen LogP contribution is -2.41. The summed E-state index contributed by atoms with van der Waals surface area (Å²) in [5.74, 6) is 0.570. The van der Waals surface area contributed by atoms with Crippen LogP contribution in [-0.2, 0) is 4.79 Å². The number of rotatable bonds is 4. The first-order chi connectivity index (χ1) is 9.89. The number of nitrogens with two attached hydrogens (primary N) is 1. The number of likely N-dealkylation sites (tertiary alicyclic amines) is 1. The van der Waals surface area contributed by atoms with Gasteiger partial charge >= 0.3 is 0 Å². The van der Waals surface area contributed by atoms with Gasteiger partial charge in [-0.2, -0.15) is 0 Å². The summed E-state index contributed by atoms with van der Waals surface area (Å²) in [4.78, 5) is 14.4. The van der Waals surface area contributed by atoms with Crippen molar-refractivity contribution in [2.45, 2.75) is 26.7 Å². The zero-order valence-electron chi connectivity index (χ0n) is 13.1. The number of hydrogen-bond donors (Lipinski definition) is 2. The van der Waals surface area contributed by atoms with E-state index >= 15 is 0 Å². The third kappa shape index (κ3) is 4.36. The molecule has 0 aromatic heterocycles. The molecule has 1 amide bonds. The molecule has 2 rings (SSSR count). The van der Waals surface area contributed by atoms with Crippen molar-refractivity contribution in [3.05, 3.63) is 18.2 Å². The van der Waals surface area contributed by atoms with Gasteiger partial charge < -0.3 is 15.8 Å². The number of anilines is 2. The summed E-state index contributed by atoms with van der Waals surface area (Å²) in [5, 5.41) is 2.90. The number of benzene rings is 1. The third-order valence-corrected chi connectivity index (χ3v) is 4.08. The Balaban J connectivity index is 1.91. The van der Waals surface area contributed by atoms with E-state index in [4.69, 9.17) is 10.5 Å². The van der Waals surface area contributed by atoms with Crippen molar-refractivity contribution >= 4 is 17.3 Å². The number of methoxy groups -OCH3 is 1. The highest BCUT2D eigenvalue weighted by molar-refractivity contribution is 5.94. The summed E-state index contributed by atoms with van der Waals surface area (Å²) in [7, 11) is 1.57. The highest BCUT2D eigenvalue weighted by Crippen LogP contribution is 2.30. The topological polar surface area (TPSA) is 67.6 Å². The number of ether oxygens (including phenoxy) is 1. The van der Waals surface area contributed by atoms with Crippen LogP contribution in [0.3, 0.4) is 0 Å². The van der Waals surface area contributed by atoms with Crippen molar-refractivity contribution in [3.63, 3.8) is 0 Å². The molecular formula is C16H25N3O2. The predicted molar refractivity (Wildman–Crippen MR) is 85.5 cm³/mol. The van der Waals surface area contributed by atoms with Gasteiger partial charge in [-0.15, -0.1) is 0 Å². The second-order valence-electron chi connectivity index (χ2n) is 6.45. The highest BCUT2D eigenvalue weighted by atomic mass is 16.5. The van der Waals surface area contributed by atoms with Crippen LogP contribution in [0.4, 0.5) is 11.4 Å². The summed E-state index contributed by atoms with van der Waals surface area (Å²) in [5.41, 5.74) is 7.38. The maximum absolute atomic E-state index is 12.2. The fourth-order valence-corrected chi connectivity index (χ4v) is 2.52. The summed E-state index contributed by atoms with van der Waals surface area (Å²) in [6.45, 7) is 6.93. The maximum Gasteiger partial charge on any atom is 0.238 e. The molecular weight excluding hydrogens is 266 g/mol. The van der Waals surface area contributed by atoms with Gasteiger partial charge in [-0.3, -0.25) is 9.69 Å². The lowest BCUT2D eigenvalue weighted by molar-refractivity contribution is -0.117. The molecule has 0 saturated carbocycles. The summed E-state index contributed by atoms with van der Waals surface area (Å²) < 4.78 is 5.24. The van der Waals surface area contributed by atoms with Gasteiger partial charge in [0.05, 0.1) is 19.3 Å². The van der Waals surface area contributed by atoms with Crippen molar-refractivity contribution in [2.24, 2.45) is 5.41 Å². The average molecular weight is 291 g/mol. The van der Waals surface area contributed by atoms with E-state index in [1.807, 2.05) is 0 Å². The van der Waals surface area contributed by atoms with Gasteiger partial charge in [-0.1, -0.05) is 13.8 Å². The Morgan fingerprint density at radius 3 is 2.67 bits per heavy atom. The summed E-state index contributed by atoms with van der Waals surface area (Å²) in [6.07, 6.45) is 2.26. The number of carbonyl (C=O) groups is 1. The number of nitrogens with one attached hydrogen (secondary N) is 1. The largest absolute Gasteiger partial charge is 0.494 e. The van der Waals surface area contributed by atoms with E-state index in [1.54, 1.807) is 25.3 Å². The highest BCUT2D eigenvalue weighted by Gasteiger charge is 2.26. The molecule has 5 heteroatoms. The number of nitrogen functional groups attached to an aromatic ring is 1. The van der Waals surface area contributed by atoms with Crippen molar-refractivity contribution in [2.75, 3.05) is 37.8 Å². The van der Waals surface area contributed by atoms with E-state index in [1.165, 1.54) is 0 Å². The number of piperidine rings is 1. The van der Waals surface area contributed by atoms with Crippen LogP contribution in [0.2, 0.25) is 0 Å². The first-order valence-corrected chi connectivity index (χ1v) is 7.35. The average Bonchev–Trinajstić information content (AvgIpc) is 2.43. The SMILES string of the molecule is COc1cc(N)ccc1NC(=O)CN1CCC(C)(C)CC1. The van der Waals surface area contributed by atoms with Crippen LogP contribution >= 0.6 is 0 Å². The minimum Gasteiger partial charge on any atom is -0.494 e. The Kier molecular flexibility index (Phi) is 4.73. The molecule has 0 radical (unpaired) electrons. The van der Waals surface area contributed by atoms with Gasteiger partial charge in [-0.05, 0) is 43.5 Å². The molecule has 0 spiro atoms. The van der Waals surface area contributed by atoms with E-state index in [0.29, 0.717) is 29.1 Å². The quantitative estimate of drug-likeness (QED) is 0.836. The minimum absolute atomic E-state index is 0.0159. The number of amides is 1. The van der Waals surface area contributed by atoms with Crippen LogP contribution < -0.4 is 15.8 Å². The van der Waals surface area contributed by atoms with Crippen LogP contribution in [-0.4, -0.2) is 37.6 Å². The molecule has 1 heterocycles. The lowest BCUT2D eigenvalue weighted by atomic mass is 9.83. The Morgan fingerprint density at radius 2 is 2.05 bits per heavy atom. The number of hydrogen-bond acceptors (Lipinski definition) is 4. The standard InChI is InChI=1S/C16H25N3O2/c1-16(2)6-8-19(9-7-16)11-15(20)18-13-5-4-12(17)10-14(13)21-3/h4-5,10H,6-9,11,17H2,1-3H3,(H,18,20). The Hall–Kier alpha value is -1.75. The molecule has 5 nitrogen and oxygen atoms in total. The molecule has 1 aliphatic rings. The molecule has 0 unspecified atom stereocenters. The van der Waals surface area contributed by atoms with Crippen LogP contribution in [0.25, 0.3) is 0 Å². The van der Waals surface area contributed by atoms with Crippen molar-refractivity contribution in [1.29, 1.82) is 0 Å². The van der Waals surface area contributed by atoms with Crippen molar-refractivity contribution in [1.82, 2.24) is 4.90 Å². The normalized spacial score (nSPS) is 18.2. The van der Waals surface area contributed by atoms with Crippen LogP contribution in [0.1, 0.15) is 26.7 Å². The molecule has 3 N–H and O–H groups in total. The van der Waals surface area contributed by atoms with Gasteiger partial charge in [0.25, 0.3) is 0 Å². The van der Waals surface area contributed by atoms with E-state index in [-0.39, 0.29) is 5.91 Å². The molecule has 1 fully saturated rings. The van der Waals surface area contributed by atoms with Gasteiger partial charge in [-0.25, -0.2) is 0 Å². The third-order valence-electron chi connectivity index (χ3n) is 4.08. The van der Waals surface area contributed by atoms with Gasteiger partial charge in [0, 0.05) is 11.8 Å². The molecule has 1 saturated heterocycles. The zero-order chi connectivity index (χ0) is 15.5. The molecule has 1 aromatic carbocycles. The molecule has 116 valence electrons. The molecule has 0 atom stereocenters. The van der Waals surface area contributed by atoms with Crippen molar-refractivity contribution in [3.8, 4) is 5.75 Å². The minimum atomic E-state index is -0.0159. The van der Waals surface area contributed by atoms with Gasteiger partial charge in [0.1, 0.15) is 5.75 Å². The first kappa shape index (κ1) is 15.6. The van der Waals surface area contributed by atoms with Gasteiger partial charge in [0.2, 0.25) is 5.91 Å². The molecule has 0 bridgehead atoms. The Bertz CT molecular complexity index is 504. The molecule has 1 aliphatic heterocycles. The predicted octanol–water partition coefficient (Wildman–Crippen LogP) is 2.34. The first-order valence-electron chi connectivity index (χ1n) is 7.35. The summed E-state index contributed by atoms with van der Waals surface area (Å²) >= 11 is 0. The molecule has 21 heavy (non-hydrogen) atoms. The van der Waals surface area contributed by atoms with Crippen LogP contribution in [0.15, 0.2) is 18.2 Å². The van der Waals surface area contributed by atoms with Crippen LogP contribution in [0, 0.1) is 5.41 Å².